The summed E-state index contributed by atoms with van der Waals surface area (Å²) in [6, 6.07) is 0. The zero-order chi connectivity index (χ0) is 13.1. The van der Waals surface area contributed by atoms with Gasteiger partial charge in [0.2, 0.25) is 0 Å². The van der Waals surface area contributed by atoms with Crippen LogP contribution in [-0.2, 0) is 0 Å². The highest BCUT2D eigenvalue weighted by Gasteiger charge is 2.18. The van der Waals surface area contributed by atoms with Crippen molar-refractivity contribution in [2.45, 2.75) is 24.6 Å². The summed E-state index contributed by atoms with van der Waals surface area (Å²) < 4.78 is 0. The van der Waals surface area contributed by atoms with Crippen LogP contribution in [0.25, 0.3) is 0 Å². The van der Waals surface area contributed by atoms with Crippen molar-refractivity contribution in [3.63, 3.8) is 0 Å². The fourth-order valence-electron chi connectivity index (χ4n) is 0.989. The van der Waals surface area contributed by atoms with E-state index in [4.69, 9.17) is 11.6 Å². The molecule has 0 radical (unpaired) electrons. The maximum atomic E-state index is 11.8. The number of halogens is 1. The number of aromatic nitrogens is 2. The van der Waals surface area contributed by atoms with Crippen LogP contribution in [0.2, 0.25) is 5.02 Å². The molecule has 2 N–H and O–H groups in total. The number of nitrogens with zero attached hydrogens (tertiary/aromatic N) is 2. The maximum Gasteiger partial charge on any atom is 0.271 e. The van der Waals surface area contributed by atoms with Gasteiger partial charge in [0.15, 0.2) is 10.9 Å². The average molecular weight is 276 g/mol. The summed E-state index contributed by atoms with van der Waals surface area (Å²) in [7, 11) is 0. The Bertz CT molecular complexity index is 421. The Morgan fingerprint density at radius 3 is 2.82 bits per heavy atom. The van der Waals surface area contributed by atoms with Gasteiger partial charge in [-0.1, -0.05) is 23.4 Å². The summed E-state index contributed by atoms with van der Waals surface area (Å²) in [4.78, 5) is 19.7. The van der Waals surface area contributed by atoms with E-state index < -0.39 is 11.5 Å². The minimum atomic E-state index is -0.975. The molecule has 7 heteroatoms. The van der Waals surface area contributed by atoms with E-state index in [1.165, 1.54) is 18.0 Å². The van der Waals surface area contributed by atoms with E-state index in [0.717, 1.165) is 0 Å². The maximum absolute atomic E-state index is 11.8. The number of carbonyl (C=O) groups is 1. The van der Waals surface area contributed by atoms with Crippen LogP contribution in [-0.4, -0.2) is 39.4 Å². The molecule has 17 heavy (non-hydrogen) atoms. The van der Waals surface area contributed by atoms with Crippen LogP contribution in [0.1, 0.15) is 24.3 Å². The second kappa shape index (κ2) is 5.66. The molecule has 0 aliphatic heterocycles. The molecule has 0 aliphatic rings. The Labute approximate surface area is 109 Å². The Morgan fingerprint density at radius 1 is 1.65 bits per heavy atom. The number of aliphatic hydroxyl groups is 1. The summed E-state index contributed by atoms with van der Waals surface area (Å²) in [5, 5.41) is 12.7. The van der Waals surface area contributed by atoms with Crippen molar-refractivity contribution in [3.8, 4) is 0 Å². The molecule has 1 rings (SSSR count). The average Bonchev–Trinajstić information content (AvgIpc) is 2.25. The van der Waals surface area contributed by atoms with E-state index in [-0.39, 0.29) is 17.3 Å². The molecule has 1 heterocycles. The van der Waals surface area contributed by atoms with Crippen LogP contribution in [0.4, 0.5) is 0 Å². The van der Waals surface area contributed by atoms with Gasteiger partial charge in [0.1, 0.15) is 0 Å². The molecular formula is C10H14ClN3O2S. The van der Waals surface area contributed by atoms with Crippen molar-refractivity contribution in [1.82, 2.24) is 15.3 Å². The monoisotopic (exact) mass is 275 g/mol. The highest BCUT2D eigenvalue weighted by molar-refractivity contribution is 7.98. The third-order valence-corrected chi connectivity index (χ3v) is 2.64. The van der Waals surface area contributed by atoms with E-state index >= 15 is 0 Å². The van der Waals surface area contributed by atoms with Gasteiger partial charge >= 0.3 is 0 Å². The Morgan fingerprint density at radius 2 is 2.29 bits per heavy atom. The molecule has 5 nitrogen and oxygen atoms in total. The molecule has 0 atom stereocenters. The van der Waals surface area contributed by atoms with Crippen LogP contribution in [0.15, 0.2) is 11.4 Å². The molecule has 0 unspecified atom stereocenters. The number of hydrogen-bond acceptors (Lipinski definition) is 5. The minimum absolute atomic E-state index is 0.121. The van der Waals surface area contributed by atoms with Gasteiger partial charge < -0.3 is 10.4 Å². The van der Waals surface area contributed by atoms with Crippen LogP contribution < -0.4 is 5.32 Å². The van der Waals surface area contributed by atoms with Crippen LogP contribution in [0, 0.1) is 0 Å². The van der Waals surface area contributed by atoms with Gasteiger partial charge in [0.25, 0.3) is 5.91 Å². The summed E-state index contributed by atoms with van der Waals surface area (Å²) in [6.45, 7) is 3.32. The van der Waals surface area contributed by atoms with Gasteiger partial charge in [-0.25, -0.2) is 9.97 Å². The first-order valence-electron chi connectivity index (χ1n) is 4.90. The van der Waals surface area contributed by atoms with Gasteiger partial charge in [-0.3, -0.25) is 4.79 Å². The molecule has 0 spiro atoms. The third-order valence-electron chi connectivity index (χ3n) is 1.80. The zero-order valence-electron chi connectivity index (χ0n) is 9.82. The fourth-order valence-corrected chi connectivity index (χ4v) is 1.51. The first kappa shape index (κ1) is 14.2. The molecule has 0 saturated heterocycles. The molecule has 0 aromatic carbocycles. The molecule has 0 fully saturated rings. The van der Waals surface area contributed by atoms with Crippen molar-refractivity contribution in [2.75, 3.05) is 12.8 Å². The Kier molecular flexibility index (Phi) is 4.73. The molecular weight excluding hydrogens is 262 g/mol. The van der Waals surface area contributed by atoms with Crippen molar-refractivity contribution < 1.29 is 9.90 Å². The lowest BCUT2D eigenvalue weighted by atomic mass is 10.1. The van der Waals surface area contributed by atoms with Gasteiger partial charge in [0, 0.05) is 6.54 Å². The number of nitrogens with one attached hydrogen (secondary N) is 1. The van der Waals surface area contributed by atoms with Crippen LogP contribution in [0.3, 0.4) is 0 Å². The molecule has 0 saturated carbocycles. The number of carbonyl (C=O) groups excluding carboxylic acids is 1. The minimum Gasteiger partial charge on any atom is -0.389 e. The van der Waals surface area contributed by atoms with Crippen LogP contribution in [0.5, 0.6) is 0 Å². The third kappa shape index (κ3) is 4.49. The predicted octanol–water partition coefficient (Wildman–Crippen LogP) is 1.35. The molecule has 1 amide bonds. The highest BCUT2D eigenvalue weighted by Crippen LogP contribution is 2.16. The summed E-state index contributed by atoms with van der Waals surface area (Å²) >= 11 is 7.16. The van der Waals surface area contributed by atoms with Gasteiger partial charge in [-0.05, 0) is 20.1 Å². The van der Waals surface area contributed by atoms with Crippen molar-refractivity contribution in [3.05, 3.63) is 16.9 Å². The predicted molar refractivity (Wildman–Crippen MR) is 67.5 cm³/mol. The van der Waals surface area contributed by atoms with Crippen molar-refractivity contribution >= 4 is 29.3 Å². The van der Waals surface area contributed by atoms with E-state index in [1.807, 2.05) is 6.26 Å². The van der Waals surface area contributed by atoms with Gasteiger partial charge in [-0.15, -0.1) is 0 Å². The zero-order valence-corrected chi connectivity index (χ0v) is 11.4. The van der Waals surface area contributed by atoms with Gasteiger partial charge in [0.05, 0.1) is 16.8 Å². The topological polar surface area (TPSA) is 75.1 Å². The first-order valence-corrected chi connectivity index (χ1v) is 6.51. The lowest BCUT2D eigenvalue weighted by Crippen LogP contribution is -2.38. The fraction of sp³-hybridized carbons (Fsp3) is 0.500. The number of thioether (sulfide) groups is 1. The SMILES string of the molecule is CSc1ncc(Cl)c(C(=O)NCC(C)(C)O)n1. The van der Waals surface area contributed by atoms with E-state index in [0.29, 0.717) is 5.16 Å². The van der Waals surface area contributed by atoms with E-state index in [9.17, 15) is 9.90 Å². The molecule has 0 bridgehead atoms. The quantitative estimate of drug-likeness (QED) is 0.641. The highest BCUT2D eigenvalue weighted by atomic mass is 35.5. The lowest BCUT2D eigenvalue weighted by molar-refractivity contribution is 0.0691. The standard InChI is InChI=1S/C10H14ClN3O2S/c1-10(2,16)5-13-8(15)7-6(11)4-12-9(14-7)17-3/h4,16H,5H2,1-3H3,(H,13,15). The largest absolute Gasteiger partial charge is 0.389 e. The number of hydrogen-bond donors (Lipinski definition) is 2. The van der Waals surface area contributed by atoms with Crippen LogP contribution >= 0.6 is 23.4 Å². The van der Waals surface area contributed by atoms with E-state index in [2.05, 4.69) is 15.3 Å². The Balaban J connectivity index is 2.81. The normalized spacial score (nSPS) is 11.4. The summed E-state index contributed by atoms with van der Waals surface area (Å²) in [5.74, 6) is -0.421. The number of amides is 1. The molecule has 1 aromatic rings. The smallest absolute Gasteiger partial charge is 0.271 e. The molecule has 1 aromatic heterocycles. The second-order valence-corrected chi connectivity index (χ2v) is 5.23. The second-order valence-electron chi connectivity index (χ2n) is 4.05. The van der Waals surface area contributed by atoms with Gasteiger partial charge in [-0.2, -0.15) is 0 Å². The molecule has 94 valence electrons. The Hall–Kier alpha value is -0.850. The lowest BCUT2D eigenvalue weighted by Gasteiger charge is -2.17. The van der Waals surface area contributed by atoms with Crippen molar-refractivity contribution in [2.24, 2.45) is 0 Å². The summed E-state index contributed by atoms with van der Waals surface area (Å²) in [5.41, 5.74) is -0.854. The van der Waals surface area contributed by atoms with Crippen molar-refractivity contribution in [1.29, 1.82) is 0 Å². The number of rotatable bonds is 4. The summed E-state index contributed by atoms with van der Waals surface area (Å²) in [6.07, 6.45) is 3.20. The first-order chi connectivity index (χ1) is 7.83. The van der Waals surface area contributed by atoms with E-state index in [1.54, 1.807) is 13.8 Å². The molecule has 0 aliphatic carbocycles.